The van der Waals surface area contributed by atoms with E-state index in [2.05, 4.69) is 25.5 Å². The highest BCUT2D eigenvalue weighted by Crippen LogP contribution is 2.27. The second kappa shape index (κ2) is 4.00. The summed E-state index contributed by atoms with van der Waals surface area (Å²) in [5.74, 6) is 1.09. The Kier molecular flexibility index (Phi) is 2.90. The van der Waals surface area contributed by atoms with Crippen LogP contribution >= 0.6 is 15.9 Å². The minimum atomic E-state index is -0.330. The summed E-state index contributed by atoms with van der Waals surface area (Å²) in [4.78, 5) is 4.41. The van der Waals surface area contributed by atoms with Crippen molar-refractivity contribution >= 4 is 15.9 Å². The Labute approximate surface area is 91.3 Å². The lowest BCUT2D eigenvalue weighted by Gasteiger charge is -2.18. The van der Waals surface area contributed by atoms with Crippen molar-refractivity contribution in [2.45, 2.75) is 31.8 Å². The fraction of sp³-hybridized carbons (Fsp3) is 0.667. The van der Waals surface area contributed by atoms with Crippen LogP contribution in [-0.2, 0) is 13.0 Å². The standard InChI is InChI=1S/C9H14BrN3O/c10-9-8(6(11)5-14)13-4-2-1-3-7(13)12-9/h6,14H,1-5,11H2. The molecule has 3 N–H and O–H groups in total. The molecule has 0 saturated carbocycles. The first-order chi connectivity index (χ1) is 6.74. The lowest BCUT2D eigenvalue weighted by atomic mass is 10.1. The molecule has 5 heteroatoms. The molecule has 4 nitrogen and oxygen atoms in total. The predicted octanol–water partition coefficient (Wildman–Crippen LogP) is 0.974. The van der Waals surface area contributed by atoms with Crippen LogP contribution in [0.1, 0.15) is 30.4 Å². The number of hydrogen-bond donors (Lipinski definition) is 2. The second-order valence-electron chi connectivity index (χ2n) is 3.60. The molecule has 1 aromatic heterocycles. The summed E-state index contributed by atoms with van der Waals surface area (Å²) < 4.78 is 2.92. The zero-order chi connectivity index (χ0) is 10.1. The zero-order valence-corrected chi connectivity index (χ0v) is 9.50. The van der Waals surface area contributed by atoms with Crippen molar-refractivity contribution in [1.82, 2.24) is 9.55 Å². The normalized spacial score (nSPS) is 17.9. The van der Waals surface area contributed by atoms with Crippen LogP contribution in [0.2, 0.25) is 0 Å². The van der Waals surface area contributed by atoms with Gasteiger partial charge in [0.2, 0.25) is 0 Å². The van der Waals surface area contributed by atoms with Crippen molar-refractivity contribution in [3.63, 3.8) is 0 Å². The van der Waals surface area contributed by atoms with Gasteiger partial charge in [-0.25, -0.2) is 4.98 Å². The van der Waals surface area contributed by atoms with Gasteiger partial charge in [0.15, 0.2) is 0 Å². The summed E-state index contributed by atoms with van der Waals surface area (Å²) in [7, 11) is 0. The van der Waals surface area contributed by atoms with Crippen molar-refractivity contribution < 1.29 is 5.11 Å². The highest BCUT2D eigenvalue weighted by Gasteiger charge is 2.21. The number of rotatable bonds is 2. The fourth-order valence-electron chi connectivity index (χ4n) is 1.91. The van der Waals surface area contributed by atoms with E-state index in [0.717, 1.165) is 29.1 Å². The molecule has 0 aromatic carbocycles. The van der Waals surface area contributed by atoms with Gasteiger partial charge in [-0.15, -0.1) is 0 Å². The molecule has 14 heavy (non-hydrogen) atoms. The quantitative estimate of drug-likeness (QED) is 0.832. The molecule has 0 bridgehead atoms. The summed E-state index contributed by atoms with van der Waals surface area (Å²) in [5.41, 5.74) is 6.76. The maximum absolute atomic E-state index is 9.05. The predicted molar refractivity (Wildman–Crippen MR) is 56.9 cm³/mol. The van der Waals surface area contributed by atoms with E-state index >= 15 is 0 Å². The summed E-state index contributed by atoms with van der Waals surface area (Å²) >= 11 is 3.40. The first kappa shape index (κ1) is 10.1. The highest BCUT2D eigenvalue weighted by atomic mass is 79.9. The molecule has 2 rings (SSSR count). The maximum Gasteiger partial charge on any atom is 0.129 e. The average Bonchev–Trinajstić information content (AvgIpc) is 2.53. The molecule has 78 valence electrons. The van der Waals surface area contributed by atoms with Gasteiger partial charge >= 0.3 is 0 Å². The summed E-state index contributed by atoms with van der Waals surface area (Å²) in [6.07, 6.45) is 3.37. The SMILES string of the molecule is NC(CO)c1c(Br)nc2n1CCCC2. The number of nitrogens with two attached hydrogens (primary N) is 1. The highest BCUT2D eigenvalue weighted by molar-refractivity contribution is 9.10. The number of fused-ring (bicyclic) bond motifs is 1. The third-order valence-electron chi connectivity index (χ3n) is 2.62. The molecular formula is C9H14BrN3O. The van der Waals surface area contributed by atoms with E-state index in [1.165, 1.54) is 12.8 Å². The van der Waals surface area contributed by atoms with Crippen LogP contribution in [0.25, 0.3) is 0 Å². The molecule has 0 amide bonds. The molecule has 0 aliphatic carbocycles. The van der Waals surface area contributed by atoms with Crippen molar-refractivity contribution in [2.24, 2.45) is 5.73 Å². The Morgan fingerprint density at radius 1 is 1.57 bits per heavy atom. The van der Waals surface area contributed by atoms with Crippen molar-refractivity contribution in [3.05, 3.63) is 16.1 Å². The first-order valence-corrected chi connectivity index (χ1v) is 5.64. The molecular weight excluding hydrogens is 246 g/mol. The average molecular weight is 260 g/mol. The van der Waals surface area contributed by atoms with Crippen LogP contribution in [0.15, 0.2) is 4.60 Å². The molecule has 1 unspecified atom stereocenters. The Morgan fingerprint density at radius 2 is 2.36 bits per heavy atom. The number of aliphatic hydroxyl groups is 1. The monoisotopic (exact) mass is 259 g/mol. The maximum atomic E-state index is 9.05. The van der Waals surface area contributed by atoms with Crippen molar-refractivity contribution in [2.75, 3.05) is 6.61 Å². The van der Waals surface area contributed by atoms with Gasteiger partial charge in [-0.05, 0) is 28.8 Å². The second-order valence-corrected chi connectivity index (χ2v) is 4.35. The van der Waals surface area contributed by atoms with E-state index in [0.29, 0.717) is 0 Å². The summed E-state index contributed by atoms with van der Waals surface area (Å²) in [6.45, 7) is 0.931. The Hall–Kier alpha value is -0.390. The number of aliphatic hydroxyl groups excluding tert-OH is 1. The number of imidazole rings is 1. The van der Waals surface area contributed by atoms with Gasteiger partial charge in [-0.2, -0.15) is 0 Å². The third-order valence-corrected chi connectivity index (χ3v) is 3.20. The number of aryl methyl sites for hydroxylation is 1. The number of aromatic nitrogens is 2. The van der Waals surface area contributed by atoms with E-state index in [4.69, 9.17) is 10.8 Å². The first-order valence-electron chi connectivity index (χ1n) is 4.85. The molecule has 1 aromatic rings. The smallest absolute Gasteiger partial charge is 0.129 e. The van der Waals surface area contributed by atoms with Crippen LogP contribution in [0, 0.1) is 0 Å². The van der Waals surface area contributed by atoms with Gasteiger partial charge < -0.3 is 15.4 Å². The molecule has 0 spiro atoms. The van der Waals surface area contributed by atoms with Crippen LogP contribution in [-0.4, -0.2) is 21.3 Å². The molecule has 2 heterocycles. The van der Waals surface area contributed by atoms with Crippen LogP contribution < -0.4 is 5.73 Å². The number of halogens is 1. The van der Waals surface area contributed by atoms with Crippen LogP contribution in [0.4, 0.5) is 0 Å². The molecule has 0 fully saturated rings. The molecule has 1 atom stereocenters. The minimum absolute atomic E-state index is 0.0380. The van der Waals surface area contributed by atoms with E-state index in [1.807, 2.05) is 0 Å². The molecule has 1 aliphatic heterocycles. The Bertz CT molecular complexity index is 337. The number of nitrogens with zero attached hydrogens (tertiary/aromatic N) is 2. The molecule has 1 aliphatic rings. The lowest BCUT2D eigenvalue weighted by molar-refractivity contribution is 0.261. The van der Waals surface area contributed by atoms with Gasteiger partial charge in [0.05, 0.1) is 18.3 Å². The van der Waals surface area contributed by atoms with Crippen molar-refractivity contribution in [3.8, 4) is 0 Å². The van der Waals surface area contributed by atoms with Gasteiger partial charge in [-0.3, -0.25) is 0 Å². The zero-order valence-electron chi connectivity index (χ0n) is 7.91. The van der Waals surface area contributed by atoms with E-state index in [1.54, 1.807) is 0 Å². The van der Waals surface area contributed by atoms with Gasteiger partial charge in [0.25, 0.3) is 0 Å². The summed E-state index contributed by atoms with van der Waals surface area (Å²) in [5, 5.41) is 9.05. The fourth-order valence-corrected chi connectivity index (χ4v) is 2.63. The Balaban J connectivity index is 2.42. The molecule has 0 radical (unpaired) electrons. The Morgan fingerprint density at radius 3 is 3.07 bits per heavy atom. The number of hydrogen-bond acceptors (Lipinski definition) is 3. The molecule has 0 saturated heterocycles. The summed E-state index contributed by atoms with van der Waals surface area (Å²) in [6, 6.07) is -0.330. The van der Waals surface area contributed by atoms with E-state index < -0.39 is 0 Å². The van der Waals surface area contributed by atoms with E-state index in [-0.39, 0.29) is 12.6 Å². The third kappa shape index (κ3) is 1.60. The van der Waals surface area contributed by atoms with Gasteiger partial charge in [-0.1, -0.05) is 0 Å². The topological polar surface area (TPSA) is 64.1 Å². The van der Waals surface area contributed by atoms with Gasteiger partial charge in [0.1, 0.15) is 10.4 Å². The largest absolute Gasteiger partial charge is 0.394 e. The lowest BCUT2D eigenvalue weighted by Crippen LogP contribution is -2.22. The van der Waals surface area contributed by atoms with E-state index in [9.17, 15) is 0 Å². The van der Waals surface area contributed by atoms with Crippen LogP contribution in [0.3, 0.4) is 0 Å². The minimum Gasteiger partial charge on any atom is -0.394 e. The van der Waals surface area contributed by atoms with Gasteiger partial charge in [0, 0.05) is 13.0 Å². The van der Waals surface area contributed by atoms with Crippen LogP contribution in [0.5, 0.6) is 0 Å². The van der Waals surface area contributed by atoms with Crippen molar-refractivity contribution in [1.29, 1.82) is 0 Å².